The average molecular weight is 367 g/mol. The van der Waals surface area contributed by atoms with E-state index in [2.05, 4.69) is 19.6 Å². The summed E-state index contributed by atoms with van der Waals surface area (Å²) in [5, 5.41) is 0. The minimum atomic E-state index is -5.59. The van der Waals surface area contributed by atoms with E-state index in [-0.39, 0.29) is 0 Å². The summed E-state index contributed by atoms with van der Waals surface area (Å²) < 4.78 is 63.7. The molecule has 0 atom stereocenters. The SMILES string of the molecule is CS(C)(OS(=O)(=O)C(F)(F)F)c1ccc(Br)cc1. The van der Waals surface area contributed by atoms with Crippen LogP contribution in [0.3, 0.4) is 0 Å². The summed E-state index contributed by atoms with van der Waals surface area (Å²) in [4.78, 5) is 0.401. The summed E-state index contributed by atoms with van der Waals surface area (Å²) in [5.74, 6) is 0. The molecule has 0 bridgehead atoms. The second-order valence-electron chi connectivity index (χ2n) is 3.65. The van der Waals surface area contributed by atoms with E-state index in [0.29, 0.717) is 4.90 Å². The molecule has 0 aromatic heterocycles. The zero-order chi connectivity index (χ0) is 14.2. The van der Waals surface area contributed by atoms with Crippen LogP contribution in [-0.4, -0.2) is 26.4 Å². The van der Waals surface area contributed by atoms with Crippen molar-refractivity contribution >= 4 is 36.4 Å². The second kappa shape index (κ2) is 5.03. The molecule has 3 nitrogen and oxygen atoms in total. The van der Waals surface area contributed by atoms with E-state index in [0.717, 1.165) is 4.47 Å². The molecule has 1 aromatic carbocycles. The number of hydrogen-bond acceptors (Lipinski definition) is 3. The predicted octanol–water partition coefficient (Wildman–Crippen LogP) is 3.65. The van der Waals surface area contributed by atoms with Crippen LogP contribution in [-0.2, 0) is 13.7 Å². The maximum absolute atomic E-state index is 12.2. The van der Waals surface area contributed by atoms with Gasteiger partial charge in [0.2, 0.25) is 0 Å². The Balaban J connectivity index is 3.06. The Morgan fingerprint density at radius 2 is 1.56 bits per heavy atom. The van der Waals surface area contributed by atoms with Crippen molar-refractivity contribution in [3.05, 3.63) is 28.7 Å². The Bertz CT molecular complexity index is 523. The van der Waals surface area contributed by atoms with Crippen LogP contribution >= 0.6 is 26.2 Å². The largest absolute Gasteiger partial charge is 0.523 e. The first-order valence-electron chi connectivity index (χ1n) is 4.47. The molecule has 1 aromatic rings. The zero-order valence-corrected chi connectivity index (χ0v) is 12.6. The monoisotopic (exact) mass is 366 g/mol. The lowest BCUT2D eigenvalue weighted by Crippen LogP contribution is -2.26. The topological polar surface area (TPSA) is 43.4 Å². The molecule has 0 saturated carbocycles. The second-order valence-corrected chi connectivity index (χ2v) is 9.42. The molecule has 0 fully saturated rings. The van der Waals surface area contributed by atoms with Crippen LogP contribution in [0.2, 0.25) is 0 Å². The Kier molecular flexibility index (Phi) is 4.41. The molecule has 0 heterocycles. The van der Waals surface area contributed by atoms with Crippen LogP contribution in [0.25, 0.3) is 0 Å². The van der Waals surface area contributed by atoms with Crippen molar-refractivity contribution in [3.63, 3.8) is 0 Å². The summed E-state index contributed by atoms with van der Waals surface area (Å²) in [7, 11) is -8.14. The number of halogens is 4. The lowest BCUT2D eigenvalue weighted by molar-refractivity contribution is -0.0495. The summed E-state index contributed by atoms with van der Waals surface area (Å²) in [6, 6.07) is 6.25. The fourth-order valence-corrected chi connectivity index (χ4v) is 4.53. The highest BCUT2D eigenvalue weighted by molar-refractivity contribution is 9.10. The molecule has 9 heteroatoms. The Labute approximate surface area is 113 Å². The molecule has 0 saturated heterocycles. The average Bonchev–Trinajstić information content (AvgIpc) is 2.14. The number of benzene rings is 1. The first kappa shape index (κ1) is 15.8. The highest BCUT2D eigenvalue weighted by atomic mass is 79.9. The van der Waals surface area contributed by atoms with Crippen LogP contribution in [0.1, 0.15) is 0 Å². The number of hydrogen-bond donors (Lipinski definition) is 0. The Morgan fingerprint density at radius 3 is 1.94 bits per heavy atom. The van der Waals surface area contributed by atoms with Crippen LogP contribution < -0.4 is 0 Å². The lowest BCUT2D eigenvalue weighted by Gasteiger charge is -2.30. The third-order valence-corrected chi connectivity index (χ3v) is 6.50. The van der Waals surface area contributed by atoms with E-state index in [4.69, 9.17) is 0 Å². The molecule has 18 heavy (non-hydrogen) atoms. The van der Waals surface area contributed by atoms with E-state index in [1.54, 1.807) is 12.1 Å². The van der Waals surface area contributed by atoms with Crippen LogP contribution in [0.5, 0.6) is 0 Å². The number of rotatable bonds is 3. The van der Waals surface area contributed by atoms with Crippen LogP contribution in [0.4, 0.5) is 13.2 Å². The maximum atomic E-state index is 12.2. The van der Waals surface area contributed by atoms with Gasteiger partial charge in [-0.25, -0.2) is 3.63 Å². The maximum Gasteiger partial charge on any atom is 0.523 e. The normalized spacial score (nSPS) is 14.6. The third kappa shape index (κ3) is 3.62. The van der Waals surface area contributed by atoms with E-state index < -0.39 is 25.9 Å². The van der Waals surface area contributed by atoms with Gasteiger partial charge >= 0.3 is 15.6 Å². The molecule has 0 aliphatic carbocycles. The predicted molar refractivity (Wildman–Crippen MR) is 67.9 cm³/mol. The van der Waals surface area contributed by atoms with E-state index in [9.17, 15) is 21.6 Å². The standard InChI is InChI=1S/C9H10BrF3O3S2/c1-17(2,8-5-3-7(10)4-6-8)16-18(14,15)9(11,12)13/h3-6H,1-2H3. The minimum absolute atomic E-state index is 0.401. The van der Waals surface area contributed by atoms with Gasteiger partial charge in [0, 0.05) is 9.37 Å². The van der Waals surface area contributed by atoms with Crippen molar-refractivity contribution in [3.8, 4) is 0 Å². The van der Waals surface area contributed by atoms with Gasteiger partial charge in [-0.15, -0.1) is 0 Å². The molecule has 0 radical (unpaired) electrons. The van der Waals surface area contributed by atoms with E-state index >= 15 is 0 Å². The van der Waals surface area contributed by atoms with Crippen molar-refractivity contribution in [2.75, 3.05) is 12.5 Å². The van der Waals surface area contributed by atoms with Crippen molar-refractivity contribution in [1.82, 2.24) is 0 Å². The highest BCUT2D eigenvalue weighted by Gasteiger charge is 2.49. The molecular formula is C9H10BrF3O3S2. The third-order valence-electron chi connectivity index (χ3n) is 1.92. The zero-order valence-electron chi connectivity index (χ0n) is 9.36. The quantitative estimate of drug-likeness (QED) is 0.766. The van der Waals surface area contributed by atoms with Gasteiger partial charge in [-0.1, -0.05) is 26.2 Å². The molecule has 0 N–H and O–H groups in total. The van der Waals surface area contributed by atoms with Crippen molar-refractivity contribution in [2.24, 2.45) is 0 Å². The van der Waals surface area contributed by atoms with Crippen molar-refractivity contribution in [1.29, 1.82) is 0 Å². The van der Waals surface area contributed by atoms with Crippen molar-refractivity contribution < 1.29 is 25.2 Å². The van der Waals surface area contributed by atoms with Crippen molar-refractivity contribution in [2.45, 2.75) is 10.4 Å². The van der Waals surface area contributed by atoms with Gasteiger partial charge in [0.1, 0.15) is 0 Å². The molecule has 0 aliphatic heterocycles. The first-order chi connectivity index (χ1) is 7.96. The van der Waals surface area contributed by atoms with Gasteiger partial charge in [-0.3, -0.25) is 0 Å². The van der Waals surface area contributed by atoms with Gasteiger partial charge in [0.05, 0.1) is 0 Å². The van der Waals surface area contributed by atoms with E-state index in [1.165, 1.54) is 24.6 Å². The Morgan fingerprint density at radius 1 is 1.11 bits per heavy atom. The first-order valence-corrected chi connectivity index (χ1v) is 9.04. The molecule has 1 rings (SSSR count). The van der Waals surface area contributed by atoms with E-state index in [1.807, 2.05) is 0 Å². The molecule has 0 aliphatic rings. The highest BCUT2D eigenvalue weighted by Crippen LogP contribution is 2.53. The summed E-state index contributed by atoms with van der Waals surface area (Å²) in [6.45, 7) is 0. The summed E-state index contributed by atoms with van der Waals surface area (Å²) >= 11 is 3.18. The van der Waals surface area contributed by atoms with Gasteiger partial charge in [0.15, 0.2) is 0 Å². The van der Waals surface area contributed by atoms with Gasteiger partial charge in [-0.05, 0) is 36.8 Å². The van der Waals surface area contributed by atoms with Gasteiger partial charge in [0.25, 0.3) is 0 Å². The fourth-order valence-electron chi connectivity index (χ4n) is 1.06. The van der Waals surface area contributed by atoms with Gasteiger partial charge < -0.3 is 0 Å². The van der Waals surface area contributed by atoms with Gasteiger partial charge in [-0.2, -0.15) is 21.6 Å². The van der Waals surface area contributed by atoms with Crippen LogP contribution in [0.15, 0.2) is 33.6 Å². The summed E-state index contributed by atoms with van der Waals surface area (Å²) in [5.41, 5.74) is -5.41. The molecule has 0 spiro atoms. The van der Waals surface area contributed by atoms with Crippen LogP contribution in [0, 0.1) is 0 Å². The molecule has 104 valence electrons. The molecule has 0 amide bonds. The lowest BCUT2D eigenvalue weighted by atomic mass is 10.4. The molecule has 0 unspecified atom stereocenters. The molecular weight excluding hydrogens is 357 g/mol. The Hall–Kier alpha value is -0.250. The minimum Gasteiger partial charge on any atom is -0.209 e. The smallest absolute Gasteiger partial charge is 0.209 e. The number of alkyl halides is 3. The summed E-state index contributed by atoms with van der Waals surface area (Å²) in [6.07, 6.45) is 2.67. The fraction of sp³-hybridized carbons (Fsp3) is 0.333.